The molecule has 1 saturated carbocycles. The molecule has 0 spiro atoms. The third kappa shape index (κ3) is 3.95. The van der Waals surface area contributed by atoms with Crippen LogP contribution in [0.25, 0.3) is 6.08 Å². The van der Waals surface area contributed by atoms with Crippen LogP contribution in [0.15, 0.2) is 96.1 Å². The zero-order valence-electron chi connectivity index (χ0n) is 20.1. The van der Waals surface area contributed by atoms with Gasteiger partial charge in [0.15, 0.2) is 5.78 Å². The standard InChI is InChI=1S/C32H24ClN3O/c33-25-15-12-22(13-16-25)29-30(28(21-10-11-21)24(18-34)19-35)27-17-14-20-6-4-5-9-26(20)36(27)31(29)32(37)23-7-2-1-3-8-23/h1-9,12-17,21,27,29-31H,10-11H2/t27-,29+,30+,31+/m1/s1. The fraction of sp³-hybridized carbons (Fsp3) is 0.219. The van der Waals surface area contributed by atoms with E-state index >= 15 is 0 Å². The van der Waals surface area contributed by atoms with Crippen LogP contribution in [-0.2, 0) is 0 Å². The summed E-state index contributed by atoms with van der Waals surface area (Å²) in [5.74, 6) is -0.251. The quantitative estimate of drug-likeness (QED) is 0.280. The fourth-order valence-corrected chi connectivity index (χ4v) is 6.36. The lowest BCUT2D eigenvalue weighted by Gasteiger charge is -2.36. The molecule has 0 amide bonds. The molecule has 0 N–H and O–H groups in total. The number of Topliss-reactive ketones (excluding diaryl/α,β-unsaturated/α-hetero) is 1. The first kappa shape index (κ1) is 23.3. The average Bonchev–Trinajstić information content (AvgIpc) is 3.73. The van der Waals surface area contributed by atoms with Crippen molar-refractivity contribution in [2.45, 2.75) is 30.8 Å². The zero-order chi connectivity index (χ0) is 25.5. The highest BCUT2D eigenvalue weighted by Crippen LogP contribution is 2.56. The van der Waals surface area contributed by atoms with Crippen LogP contribution in [0, 0.1) is 34.5 Å². The van der Waals surface area contributed by atoms with Crippen LogP contribution in [0.3, 0.4) is 0 Å². The van der Waals surface area contributed by atoms with Crippen LogP contribution >= 0.6 is 11.6 Å². The Hall–Kier alpha value is -4.12. The zero-order valence-corrected chi connectivity index (χ0v) is 20.8. The average molecular weight is 502 g/mol. The number of rotatable bonds is 5. The molecule has 5 heteroatoms. The highest BCUT2D eigenvalue weighted by atomic mass is 35.5. The number of hydrogen-bond donors (Lipinski definition) is 0. The summed E-state index contributed by atoms with van der Waals surface area (Å²) in [5.41, 5.74) is 4.76. The van der Waals surface area contributed by atoms with E-state index in [0.29, 0.717) is 10.6 Å². The Morgan fingerprint density at radius 1 is 0.892 bits per heavy atom. The Kier molecular flexibility index (Phi) is 5.91. The lowest BCUT2D eigenvalue weighted by atomic mass is 9.73. The molecule has 3 aliphatic rings. The fourth-order valence-electron chi connectivity index (χ4n) is 6.24. The van der Waals surface area contributed by atoms with Crippen molar-refractivity contribution in [3.63, 3.8) is 0 Å². The van der Waals surface area contributed by atoms with Gasteiger partial charge in [-0.05, 0) is 53.7 Å². The number of benzene rings is 3. The molecule has 0 radical (unpaired) electrons. The van der Waals surface area contributed by atoms with Crippen molar-refractivity contribution >= 4 is 29.1 Å². The number of carbonyl (C=O) groups excluding carboxylic acids is 1. The highest BCUT2D eigenvalue weighted by Gasteiger charge is 2.56. The summed E-state index contributed by atoms with van der Waals surface area (Å²) in [6.45, 7) is 0. The van der Waals surface area contributed by atoms with Crippen LogP contribution in [0.5, 0.6) is 0 Å². The van der Waals surface area contributed by atoms with Gasteiger partial charge in [-0.3, -0.25) is 4.79 Å². The monoisotopic (exact) mass is 501 g/mol. The normalized spacial score (nSPS) is 23.4. The maximum absolute atomic E-state index is 14.4. The van der Waals surface area contributed by atoms with E-state index in [2.05, 4.69) is 41.3 Å². The first-order valence-electron chi connectivity index (χ1n) is 12.6. The third-order valence-corrected chi connectivity index (χ3v) is 8.13. The van der Waals surface area contributed by atoms with Crippen LogP contribution in [0.2, 0.25) is 5.02 Å². The molecule has 1 aliphatic carbocycles. The topological polar surface area (TPSA) is 67.9 Å². The molecular formula is C32H24ClN3O. The minimum absolute atomic E-state index is 0.0313. The second-order valence-electron chi connectivity index (χ2n) is 9.92. The van der Waals surface area contributed by atoms with Crippen molar-refractivity contribution in [1.29, 1.82) is 10.5 Å². The summed E-state index contributed by atoms with van der Waals surface area (Å²) < 4.78 is 0. The second-order valence-corrected chi connectivity index (χ2v) is 10.4. The second kappa shape index (κ2) is 9.40. The van der Waals surface area contributed by atoms with E-state index in [4.69, 9.17) is 11.6 Å². The number of allylic oxidation sites excluding steroid dienone is 1. The Bertz CT molecular complexity index is 1490. The van der Waals surface area contributed by atoms with Crippen molar-refractivity contribution in [2.75, 3.05) is 4.90 Å². The number of halogens is 1. The van der Waals surface area contributed by atoms with Gasteiger partial charge in [0, 0.05) is 28.1 Å². The molecule has 180 valence electrons. The predicted molar refractivity (Wildman–Crippen MR) is 145 cm³/mol. The number of nitriles is 2. The number of carbonyl (C=O) groups is 1. The van der Waals surface area contributed by atoms with E-state index in [0.717, 1.165) is 35.2 Å². The molecule has 4 atom stereocenters. The molecule has 0 unspecified atom stereocenters. The minimum atomic E-state index is -0.517. The number of anilines is 1. The maximum atomic E-state index is 14.4. The lowest BCUT2D eigenvalue weighted by molar-refractivity contribution is 0.0952. The molecule has 2 aliphatic heterocycles. The van der Waals surface area contributed by atoms with E-state index in [1.54, 1.807) is 0 Å². The third-order valence-electron chi connectivity index (χ3n) is 7.87. The highest BCUT2D eigenvalue weighted by molar-refractivity contribution is 6.30. The number of fused-ring (bicyclic) bond motifs is 3. The smallest absolute Gasteiger partial charge is 0.185 e. The summed E-state index contributed by atoms with van der Waals surface area (Å²) in [7, 11) is 0. The molecule has 3 aromatic rings. The minimum Gasteiger partial charge on any atom is -0.353 e. The van der Waals surface area contributed by atoms with E-state index in [-0.39, 0.29) is 35.2 Å². The molecular weight excluding hydrogens is 478 g/mol. The molecule has 2 fully saturated rings. The van der Waals surface area contributed by atoms with Gasteiger partial charge in [-0.1, -0.05) is 84.4 Å². The van der Waals surface area contributed by atoms with Gasteiger partial charge in [0.05, 0.1) is 6.04 Å². The van der Waals surface area contributed by atoms with E-state index in [9.17, 15) is 15.3 Å². The van der Waals surface area contributed by atoms with Gasteiger partial charge >= 0.3 is 0 Å². The molecule has 6 rings (SSSR count). The summed E-state index contributed by atoms with van der Waals surface area (Å²) in [6, 6.07) is 28.9. The van der Waals surface area contributed by atoms with Crippen LogP contribution in [0.1, 0.15) is 40.2 Å². The largest absolute Gasteiger partial charge is 0.353 e. The molecule has 3 aromatic carbocycles. The van der Waals surface area contributed by atoms with Crippen molar-refractivity contribution in [1.82, 2.24) is 0 Å². The van der Waals surface area contributed by atoms with Crippen molar-refractivity contribution in [2.24, 2.45) is 11.8 Å². The Morgan fingerprint density at radius 2 is 1.57 bits per heavy atom. The van der Waals surface area contributed by atoms with Gasteiger partial charge in [-0.25, -0.2) is 0 Å². The Labute approximate surface area is 221 Å². The van der Waals surface area contributed by atoms with Crippen molar-refractivity contribution in [3.8, 4) is 12.1 Å². The van der Waals surface area contributed by atoms with Crippen LogP contribution < -0.4 is 4.90 Å². The van der Waals surface area contributed by atoms with Gasteiger partial charge in [0.25, 0.3) is 0 Å². The molecule has 0 bridgehead atoms. The van der Waals surface area contributed by atoms with Gasteiger partial charge in [0.1, 0.15) is 23.8 Å². The summed E-state index contributed by atoms with van der Waals surface area (Å²) in [5, 5.41) is 20.6. The van der Waals surface area contributed by atoms with E-state index in [1.807, 2.05) is 66.7 Å². The van der Waals surface area contributed by atoms with E-state index < -0.39 is 6.04 Å². The first-order valence-corrected chi connectivity index (χ1v) is 12.9. The SMILES string of the molecule is N#CC(C#N)=C(C1CC1)[C@H]1[C@H](c2ccc(Cl)cc2)[C@@H](C(=O)c2ccccc2)N2c3ccccc3C=C[C@H]12. The van der Waals surface area contributed by atoms with Crippen LogP contribution in [0.4, 0.5) is 5.69 Å². The molecule has 0 aromatic heterocycles. The van der Waals surface area contributed by atoms with Gasteiger partial charge in [0.2, 0.25) is 0 Å². The van der Waals surface area contributed by atoms with Crippen LogP contribution in [-0.4, -0.2) is 17.9 Å². The Balaban J connectivity index is 1.63. The molecule has 4 nitrogen and oxygen atoms in total. The summed E-state index contributed by atoms with van der Waals surface area (Å²) >= 11 is 6.27. The first-order chi connectivity index (χ1) is 18.1. The maximum Gasteiger partial charge on any atom is 0.185 e. The number of hydrogen-bond acceptors (Lipinski definition) is 4. The Morgan fingerprint density at radius 3 is 2.24 bits per heavy atom. The molecule has 2 heterocycles. The number of nitrogens with zero attached hydrogens (tertiary/aromatic N) is 3. The lowest BCUT2D eigenvalue weighted by Crippen LogP contribution is -2.43. The summed E-state index contributed by atoms with van der Waals surface area (Å²) in [4.78, 5) is 16.6. The van der Waals surface area contributed by atoms with Gasteiger partial charge in [-0.15, -0.1) is 0 Å². The van der Waals surface area contributed by atoms with Gasteiger partial charge < -0.3 is 4.90 Å². The van der Waals surface area contributed by atoms with Crippen molar-refractivity contribution < 1.29 is 4.79 Å². The van der Waals surface area contributed by atoms with Gasteiger partial charge in [-0.2, -0.15) is 10.5 Å². The number of ketones is 1. The predicted octanol–water partition coefficient (Wildman–Crippen LogP) is 6.96. The van der Waals surface area contributed by atoms with E-state index in [1.165, 1.54) is 0 Å². The van der Waals surface area contributed by atoms with Crippen molar-refractivity contribution in [3.05, 3.63) is 118 Å². The summed E-state index contributed by atoms with van der Waals surface area (Å²) in [6.07, 6.45) is 6.18. The molecule has 1 saturated heterocycles. The molecule has 37 heavy (non-hydrogen) atoms. The number of para-hydroxylation sites is 1.